The van der Waals surface area contributed by atoms with Gasteiger partial charge in [-0.25, -0.2) is 0 Å². The van der Waals surface area contributed by atoms with Crippen LogP contribution in [-0.2, 0) is 18.2 Å². The highest BCUT2D eigenvalue weighted by Gasteiger charge is 2.36. The van der Waals surface area contributed by atoms with Crippen LogP contribution in [0.4, 0.5) is 34.1 Å². The van der Waals surface area contributed by atoms with Crippen molar-refractivity contribution in [2.45, 2.75) is 25.4 Å². The maximum atomic E-state index is 13.4. The molecule has 5 aromatic carbocycles. The Labute approximate surface area is 291 Å². The Kier molecular flexibility index (Phi) is 12.6. The first-order chi connectivity index (χ1) is 24.2. The van der Waals surface area contributed by atoms with Crippen molar-refractivity contribution in [1.29, 1.82) is 0 Å². The highest BCUT2D eigenvalue weighted by Crippen LogP contribution is 2.58. The van der Waals surface area contributed by atoms with Crippen LogP contribution in [0.3, 0.4) is 0 Å². The molecule has 0 fully saturated rings. The van der Waals surface area contributed by atoms with Crippen LogP contribution in [0.25, 0.3) is 0 Å². The third kappa shape index (κ3) is 10.1. The largest absolute Gasteiger partial charge is 0.368 e. The van der Waals surface area contributed by atoms with Gasteiger partial charge in [-0.05, 0) is 97.8 Å². The van der Waals surface area contributed by atoms with E-state index in [1.807, 2.05) is 60.7 Å². The summed E-state index contributed by atoms with van der Waals surface area (Å²) in [4.78, 5) is 21.9. The van der Waals surface area contributed by atoms with Gasteiger partial charge in [0.15, 0.2) is 11.6 Å². The molecule has 0 radical (unpaired) electrons. The van der Waals surface area contributed by atoms with E-state index < -0.39 is 26.8 Å². The van der Waals surface area contributed by atoms with Crippen LogP contribution in [0, 0.1) is 0 Å². The summed E-state index contributed by atoms with van der Waals surface area (Å²) in [5.74, 6) is -2.30. The van der Waals surface area contributed by atoms with Gasteiger partial charge in [0, 0.05) is 11.4 Å². The van der Waals surface area contributed by atoms with Crippen molar-refractivity contribution in [3.8, 4) is 0 Å². The molecule has 0 aromatic heterocycles. The molecule has 14 heteroatoms. The molecule has 50 heavy (non-hydrogen) atoms. The zero-order valence-corrected chi connectivity index (χ0v) is 29.3. The third-order valence-electron chi connectivity index (χ3n) is 7.26. The Morgan fingerprint density at radius 3 is 1.10 bits per heavy atom. The molecule has 0 saturated carbocycles. The van der Waals surface area contributed by atoms with Gasteiger partial charge in [-0.1, -0.05) is 60.7 Å². The predicted molar refractivity (Wildman–Crippen MR) is 196 cm³/mol. The minimum Gasteiger partial charge on any atom is -0.368 e. The summed E-state index contributed by atoms with van der Waals surface area (Å²) in [6.07, 6.45) is 0. The van der Waals surface area contributed by atoms with Gasteiger partial charge in [-0.2, -0.15) is 20.5 Å². The van der Waals surface area contributed by atoms with Crippen LogP contribution in [0.2, 0.25) is 0 Å². The van der Waals surface area contributed by atoms with Gasteiger partial charge in [0.05, 0.1) is 36.0 Å². The first-order valence-electron chi connectivity index (χ1n) is 15.9. The SMILES string of the molecule is CCOP(=O)(O)[C@H](Nc1ccc(N=Nc2ccccc2)cc1)c1ccc([C@@H](Nc2ccc(N=Nc3ccccc3)cc2)P(=O)(O)OCC)cc1. The standard InChI is InChI=1S/C36H38N6O6P2/c1-3-47-49(43,44)35(37-29-19-23-33(24-20-29)41-39-31-11-7-5-8-12-31)27-15-17-28(18-16-27)36(50(45,46)48-4-2)38-30-21-25-34(26-22-30)42-40-32-13-9-6-10-14-32/h5-26,35-38H,3-4H2,1-2H3,(H,43,44)(H,45,46)/t35-,36-/m0/s1. The number of nitrogens with zero attached hydrogens (tertiary/aromatic N) is 4. The lowest BCUT2D eigenvalue weighted by molar-refractivity contribution is 0.265. The van der Waals surface area contributed by atoms with E-state index in [0.717, 1.165) is 0 Å². The minimum atomic E-state index is -4.24. The summed E-state index contributed by atoms with van der Waals surface area (Å²) in [5, 5.41) is 23.2. The van der Waals surface area contributed by atoms with Crippen molar-refractivity contribution in [1.82, 2.24) is 0 Å². The molecule has 4 N–H and O–H groups in total. The molecule has 5 rings (SSSR count). The van der Waals surface area contributed by atoms with Crippen molar-refractivity contribution in [3.05, 3.63) is 145 Å². The van der Waals surface area contributed by atoms with E-state index in [-0.39, 0.29) is 13.2 Å². The van der Waals surface area contributed by atoms with Gasteiger partial charge in [0.1, 0.15) is 0 Å². The van der Waals surface area contributed by atoms with E-state index >= 15 is 0 Å². The van der Waals surface area contributed by atoms with Gasteiger partial charge in [-0.3, -0.25) is 9.13 Å². The molecule has 0 saturated heterocycles. The molecule has 0 amide bonds. The summed E-state index contributed by atoms with van der Waals surface area (Å²) in [7, 11) is -8.47. The fourth-order valence-corrected chi connectivity index (χ4v) is 7.63. The highest BCUT2D eigenvalue weighted by molar-refractivity contribution is 7.53. The molecule has 12 nitrogen and oxygen atoms in total. The van der Waals surface area contributed by atoms with Crippen molar-refractivity contribution in [2.75, 3.05) is 23.8 Å². The quantitative estimate of drug-likeness (QED) is 0.0579. The second kappa shape index (κ2) is 17.2. The molecule has 258 valence electrons. The van der Waals surface area contributed by atoms with Gasteiger partial charge in [0.25, 0.3) is 0 Å². The van der Waals surface area contributed by atoms with Crippen LogP contribution in [0.1, 0.15) is 36.5 Å². The molecule has 5 aromatic rings. The Morgan fingerprint density at radius 1 is 0.500 bits per heavy atom. The molecule has 0 heterocycles. The van der Waals surface area contributed by atoms with E-state index in [4.69, 9.17) is 9.05 Å². The molecule has 0 aliphatic rings. The Bertz CT molecular complexity index is 1820. The average Bonchev–Trinajstić information content (AvgIpc) is 3.13. The molecule has 4 atom stereocenters. The molecule has 0 spiro atoms. The van der Waals surface area contributed by atoms with Crippen LogP contribution < -0.4 is 10.6 Å². The maximum Gasteiger partial charge on any atom is 0.354 e. The van der Waals surface area contributed by atoms with Crippen LogP contribution in [0.15, 0.2) is 154 Å². The fraction of sp³-hybridized carbons (Fsp3) is 0.167. The Balaban J connectivity index is 1.36. The highest BCUT2D eigenvalue weighted by atomic mass is 31.2. The molecule has 0 aliphatic heterocycles. The summed E-state index contributed by atoms with van der Waals surface area (Å²) >= 11 is 0. The summed E-state index contributed by atoms with van der Waals surface area (Å²) in [5.41, 5.74) is 4.59. The molecular formula is C36H38N6O6P2. The lowest BCUT2D eigenvalue weighted by atomic mass is 10.1. The van der Waals surface area contributed by atoms with E-state index in [1.54, 1.807) is 86.6 Å². The third-order valence-corrected chi connectivity index (χ3v) is 10.7. The van der Waals surface area contributed by atoms with Crippen LogP contribution in [-0.4, -0.2) is 23.0 Å². The summed E-state index contributed by atoms with van der Waals surface area (Å²) in [6.45, 7) is 3.31. The molecular weight excluding hydrogens is 674 g/mol. The lowest BCUT2D eigenvalue weighted by Crippen LogP contribution is -2.15. The number of nitrogens with one attached hydrogen (secondary N) is 2. The van der Waals surface area contributed by atoms with Crippen LogP contribution >= 0.6 is 15.2 Å². The number of hydrogen-bond donors (Lipinski definition) is 4. The van der Waals surface area contributed by atoms with E-state index in [2.05, 4.69) is 31.1 Å². The summed E-state index contributed by atoms with van der Waals surface area (Å²) in [6, 6.07) is 39.0. The smallest absolute Gasteiger partial charge is 0.354 e. The second-order valence-electron chi connectivity index (χ2n) is 10.9. The number of hydrogen-bond acceptors (Lipinski definition) is 10. The van der Waals surface area contributed by atoms with Crippen molar-refractivity contribution >= 4 is 49.3 Å². The number of rotatable bonds is 16. The Hall–Kier alpha value is -4.80. The molecule has 2 unspecified atom stereocenters. The van der Waals surface area contributed by atoms with Crippen molar-refractivity contribution in [3.63, 3.8) is 0 Å². The van der Waals surface area contributed by atoms with Gasteiger partial charge >= 0.3 is 15.2 Å². The van der Waals surface area contributed by atoms with E-state index in [1.165, 1.54) is 0 Å². The normalized spacial score (nSPS) is 15.3. The number of benzene rings is 5. The zero-order valence-electron chi connectivity index (χ0n) is 27.5. The molecule has 0 bridgehead atoms. The van der Waals surface area contributed by atoms with E-state index in [0.29, 0.717) is 45.3 Å². The first-order valence-corrected chi connectivity index (χ1v) is 19.2. The van der Waals surface area contributed by atoms with Crippen molar-refractivity contribution < 1.29 is 28.0 Å². The molecule has 0 aliphatic carbocycles. The number of azo groups is 2. The van der Waals surface area contributed by atoms with Gasteiger partial charge < -0.3 is 29.5 Å². The lowest BCUT2D eigenvalue weighted by Gasteiger charge is -2.27. The summed E-state index contributed by atoms with van der Waals surface area (Å²) < 4.78 is 37.4. The zero-order chi connectivity index (χ0) is 35.4. The van der Waals surface area contributed by atoms with Gasteiger partial charge in [0.2, 0.25) is 0 Å². The number of anilines is 2. The minimum absolute atomic E-state index is 0.0172. The monoisotopic (exact) mass is 712 g/mol. The van der Waals surface area contributed by atoms with Crippen LogP contribution in [0.5, 0.6) is 0 Å². The average molecular weight is 713 g/mol. The maximum absolute atomic E-state index is 13.4. The Morgan fingerprint density at radius 2 is 0.800 bits per heavy atom. The predicted octanol–water partition coefficient (Wildman–Crippen LogP) is 11.2. The fourth-order valence-electron chi connectivity index (χ4n) is 4.87. The topological polar surface area (TPSA) is 167 Å². The van der Waals surface area contributed by atoms with Gasteiger partial charge in [-0.15, -0.1) is 0 Å². The van der Waals surface area contributed by atoms with E-state index in [9.17, 15) is 18.9 Å². The first kappa shape index (κ1) is 36.5. The second-order valence-corrected chi connectivity index (χ2v) is 14.7. The van der Waals surface area contributed by atoms with Crippen molar-refractivity contribution in [2.24, 2.45) is 20.5 Å².